The minimum absolute atomic E-state index is 0.0188. The van der Waals surface area contributed by atoms with Gasteiger partial charge in [-0.05, 0) is 19.8 Å². The molecule has 114 valence electrons. The molecule has 0 amide bonds. The van der Waals surface area contributed by atoms with E-state index in [0.29, 0.717) is 22.9 Å². The Labute approximate surface area is 130 Å². The summed E-state index contributed by atoms with van der Waals surface area (Å²) in [6.07, 6.45) is 6.71. The zero-order valence-electron chi connectivity index (χ0n) is 12.8. The summed E-state index contributed by atoms with van der Waals surface area (Å²) in [7, 11) is 0. The number of imidazole rings is 1. The van der Waals surface area contributed by atoms with Crippen molar-refractivity contribution in [2.45, 2.75) is 44.9 Å². The van der Waals surface area contributed by atoms with Gasteiger partial charge >= 0.3 is 0 Å². The van der Waals surface area contributed by atoms with Gasteiger partial charge in [0.2, 0.25) is 0 Å². The molecule has 0 spiro atoms. The van der Waals surface area contributed by atoms with E-state index in [2.05, 4.69) is 9.97 Å². The van der Waals surface area contributed by atoms with Gasteiger partial charge in [-0.2, -0.15) is 0 Å². The van der Waals surface area contributed by atoms with E-state index in [0.717, 1.165) is 30.5 Å². The molecule has 1 saturated carbocycles. The van der Waals surface area contributed by atoms with Gasteiger partial charge in [0, 0.05) is 17.0 Å². The number of carbonyl (C=O) groups is 2. The highest BCUT2D eigenvalue weighted by atomic mass is 16.1. The maximum Gasteiger partial charge on any atom is 0.168 e. The standard InChI is InChI=1S/C18H20N2O2/c1-12(22)14-9-5-6-10-15(14)17-16(11-21)19-18(20-17)13-7-3-2-4-8-13/h5-6,9-11,13H,2-4,7-8H2,1H3,(H,19,20). The van der Waals surface area contributed by atoms with Crippen LogP contribution in [0, 0.1) is 0 Å². The second-order valence-electron chi connectivity index (χ2n) is 5.94. The first-order chi connectivity index (χ1) is 10.7. The first-order valence-corrected chi connectivity index (χ1v) is 7.86. The minimum atomic E-state index is -0.0188. The van der Waals surface area contributed by atoms with Crippen molar-refractivity contribution in [2.24, 2.45) is 0 Å². The van der Waals surface area contributed by atoms with E-state index in [1.54, 1.807) is 6.07 Å². The molecule has 0 bridgehead atoms. The maximum atomic E-state index is 11.8. The average molecular weight is 296 g/mol. The second-order valence-corrected chi connectivity index (χ2v) is 5.94. The number of hydrogen-bond donors (Lipinski definition) is 1. The number of nitrogens with zero attached hydrogens (tertiary/aromatic N) is 1. The molecular formula is C18H20N2O2. The third-order valence-electron chi connectivity index (χ3n) is 4.42. The fraction of sp³-hybridized carbons (Fsp3) is 0.389. The van der Waals surface area contributed by atoms with Gasteiger partial charge in [-0.3, -0.25) is 9.59 Å². The lowest BCUT2D eigenvalue weighted by atomic mass is 9.89. The number of Topliss-reactive ketones (excluding diaryl/α,β-unsaturated/α-hetero) is 1. The fourth-order valence-electron chi connectivity index (χ4n) is 3.26. The summed E-state index contributed by atoms with van der Waals surface area (Å²) in [5, 5.41) is 0. The summed E-state index contributed by atoms with van der Waals surface area (Å²) >= 11 is 0. The van der Waals surface area contributed by atoms with Crippen molar-refractivity contribution in [1.29, 1.82) is 0 Å². The van der Waals surface area contributed by atoms with Crippen molar-refractivity contribution in [2.75, 3.05) is 0 Å². The lowest BCUT2D eigenvalue weighted by Gasteiger charge is -2.19. The molecule has 1 aromatic carbocycles. The quantitative estimate of drug-likeness (QED) is 0.681. The number of aromatic amines is 1. The molecule has 1 fully saturated rings. The number of rotatable bonds is 4. The lowest BCUT2D eigenvalue weighted by molar-refractivity contribution is 0.101. The number of hydrogen-bond acceptors (Lipinski definition) is 3. The van der Waals surface area contributed by atoms with E-state index < -0.39 is 0 Å². The fourth-order valence-corrected chi connectivity index (χ4v) is 3.26. The van der Waals surface area contributed by atoms with Crippen LogP contribution in [0.1, 0.15) is 71.6 Å². The van der Waals surface area contributed by atoms with Gasteiger partial charge in [-0.1, -0.05) is 43.5 Å². The smallest absolute Gasteiger partial charge is 0.168 e. The minimum Gasteiger partial charge on any atom is -0.339 e. The number of nitrogens with one attached hydrogen (secondary N) is 1. The van der Waals surface area contributed by atoms with Gasteiger partial charge < -0.3 is 4.98 Å². The molecule has 2 aromatic rings. The topological polar surface area (TPSA) is 62.8 Å². The summed E-state index contributed by atoms with van der Waals surface area (Å²) in [5.74, 6) is 1.26. The van der Waals surface area contributed by atoms with E-state index in [-0.39, 0.29) is 5.78 Å². The Hall–Kier alpha value is -2.23. The van der Waals surface area contributed by atoms with Gasteiger partial charge in [0.25, 0.3) is 0 Å². The van der Waals surface area contributed by atoms with Crippen LogP contribution in [-0.2, 0) is 0 Å². The highest BCUT2D eigenvalue weighted by molar-refractivity contribution is 6.01. The van der Waals surface area contributed by atoms with Gasteiger partial charge in [-0.15, -0.1) is 0 Å². The predicted octanol–water partition coefficient (Wildman–Crippen LogP) is 4.14. The molecular weight excluding hydrogens is 276 g/mol. The number of benzene rings is 1. The molecule has 1 aromatic heterocycles. The van der Waals surface area contributed by atoms with Crippen molar-refractivity contribution in [3.05, 3.63) is 41.3 Å². The van der Waals surface area contributed by atoms with Crippen LogP contribution in [0.4, 0.5) is 0 Å². The lowest BCUT2D eigenvalue weighted by Crippen LogP contribution is -2.06. The van der Waals surface area contributed by atoms with Crippen molar-refractivity contribution >= 4 is 12.1 Å². The molecule has 1 N–H and O–H groups in total. The number of H-pyrrole nitrogens is 1. The molecule has 3 rings (SSSR count). The van der Waals surface area contributed by atoms with Gasteiger partial charge in [0.1, 0.15) is 11.5 Å². The van der Waals surface area contributed by atoms with Crippen molar-refractivity contribution < 1.29 is 9.59 Å². The monoisotopic (exact) mass is 296 g/mol. The molecule has 1 aliphatic carbocycles. The van der Waals surface area contributed by atoms with Crippen LogP contribution in [0.5, 0.6) is 0 Å². The summed E-state index contributed by atoms with van der Waals surface area (Å²) in [5.41, 5.74) is 2.40. The maximum absolute atomic E-state index is 11.8. The summed E-state index contributed by atoms with van der Waals surface area (Å²) in [6, 6.07) is 7.33. The molecule has 0 aliphatic heterocycles. The Balaban J connectivity index is 2.05. The number of ketones is 1. The first kappa shape index (κ1) is 14.7. The number of aromatic nitrogens is 2. The summed E-state index contributed by atoms with van der Waals surface area (Å²) in [4.78, 5) is 31.1. The van der Waals surface area contributed by atoms with Crippen LogP contribution in [0.2, 0.25) is 0 Å². The van der Waals surface area contributed by atoms with Crippen LogP contribution in [-0.4, -0.2) is 22.0 Å². The van der Waals surface area contributed by atoms with Crippen molar-refractivity contribution in [1.82, 2.24) is 9.97 Å². The molecule has 4 nitrogen and oxygen atoms in total. The van der Waals surface area contributed by atoms with E-state index in [1.165, 1.54) is 26.2 Å². The molecule has 0 saturated heterocycles. The van der Waals surface area contributed by atoms with Crippen LogP contribution in [0.25, 0.3) is 11.3 Å². The molecule has 4 heteroatoms. The molecule has 0 radical (unpaired) electrons. The molecule has 1 heterocycles. The largest absolute Gasteiger partial charge is 0.339 e. The Kier molecular flexibility index (Phi) is 4.18. The number of carbonyl (C=O) groups excluding carboxylic acids is 2. The molecule has 0 unspecified atom stereocenters. The zero-order valence-corrected chi connectivity index (χ0v) is 12.8. The Morgan fingerprint density at radius 3 is 2.64 bits per heavy atom. The summed E-state index contributed by atoms with van der Waals surface area (Å²) < 4.78 is 0. The normalized spacial score (nSPS) is 15.7. The predicted molar refractivity (Wildman–Crippen MR) is 85.2 cm³/mol. The highest BCUT2D eigenvalue weighted by Gasteiger charge is 2.22. The van der Waals surface area contributed by atoms with Crippen LogP contribution in [0.15, 0.2) is 24.3 Å². The summed E-state index contributed by atoms with van der Waals surface area (Å²) in [6.45, 7) is 1.54. The van der Waals surface area contributed by atoms with Crippen LogP contribution >= 0.6 is 0 Å². The Morgan fingerprint density at radius 1 is 1.23 bits per heavy atom. The highest BCUT2D eigenvalue weighted by Crippen LogP contribution is 2.33. The average Bonchev–Trinajstić information content (AvgIpc) is 3.00. The Morgan fingerprint density at radius 2 is 1.95 bits per heavy atom. The van der Waals surface area contributed by atoms with E-state index >= 15 is 0 Å². The van der Waals surface area contributed by atoms with Gasteiger partial charge in [0.05, 0.1) is 5.69 Å². The molecule has 0 atom stereocenters. The second kappa shape index (κ2) is 6.26. The van der Waals surface area contributed by atoms with Gasteiger partial charge in [-0.25, -0.2) is 4.98 Å². The Bertz CT molecular complexity index is 697. The van der Waals surface area contributed by atoms with E-state index in [1.807, 2.05) is 18.2 Å². The SMILES string of the molecule is CC(=O)c1ccccc1-c1nc(C2CCCCC2)[nH]c1C=O. The third kappa shape index (κ3) is 2.73. The first-order valence-electron chi connectivity index (χ1n) is 7.86. The van der Waals surface area contributed by atoms with E-state index in [9.17, 15) is 9.59 Å². The molecule has 1 aliphatic rings. The van der Waals surface area contributed by atoms with Crippen LogP contribution < -0.4 is 0 Å². The number of aldehydes is 1. The third-order valence-corrected chi connectivity index (χ3v) is 4.42. The molecule has 22 heavy (non-hydrogen) atoms. The van der Waals surface area contributed by atoms with Crippen molar-refractivity contribution in [3.63, 3.8) is 0 Å². The van der Waals surface area contributed by atoms with Crippen molar-refractivity contribution in [3.8, 4) is 11.3 Å². The van der Waals surface area contributed by atoms with Crippen LogP contribution in [0.3, 0.4) is 0 Å². The van der Waals surface area contributed by atoms with E-state index in [4.69, 9.17) is 0 Å². The van der Waals surface area contributed by atoms with Gasteiger partial charge in [0.15, 0.2) is 12.1 Å². The zero-order chi connectivity index (χ0) is 15.5.